The first-order chi connectivity index (χ1) is 9.45. The maximum absolute atomic E-state index is 6.37. The summed E-state index contributed by atoms with van der Waals surface area (Å²) in [4.78, 5) is 4.51. The van der Waals surface area contributed by atoms with E-state index in [9.17, 15) is 0 Å². The highest BCUT2D eigenvalue weighted by atomic mass is 16.5. The fraction of sp³-hybridized carbons (Fsp3) is 0.875. The van der Waals surface area contributed by atoms with Crippen molar-refractivity contribution in [1.82, 2.24) is 10.1 Å². The molecule has 0 amide bonds. The number of hydrogen-bond acceptors (Lipinski definition) is 4. The molecule has 3 rings (SSSR count). The summed E-state index contributed by atoms with van der Waals surface area (Å²) in [7, 11) is 0. The minimum atomic E-state index is -0.0489. The van der Waals surface area contributed by atoms with E-state index in [0.717, 1.165) is 17.6 Å². The molecule has 0 spiro atoms. The van der Waals surface area contributed by atoms with Crippen LogP contribution in [0.15, 0.2) is 4.52 Å². The van der Waals surface area contributed by atoms with E-state index in [0.29, 0.717) is 17.3 Å². The molecule has 1 unspecified atom stereocenters. The topological polar surface area (TPSA) is 64.9 Å². The number of hydrogen-bond donors (Lipinski definition) is 1. The van der Waals surface area contributed by atoms with Gasteiger partial charge in [0, 0.05) is 5.92 Å². The molecule has 4 heteroatoms. The molecule has 4 nitrogen and oxygen atoms in total. The van der Waals surface area contributed by atoms with Gasteiger partial charge in [-0.05, 0) is 55.8 Å². The Labute approximate surface area is 121 Å². The Morgan fingerprint density at radius 2 is 1.75 bits per heavy atom. The van der Waals surface area contributed by atoms with E-state index in [1.165, 1.54) is 38.5 Å². The van der Waals surface area contributed by atoms with Gasteiger partial charge in [0.1, 0.15) is 0 Å². The lowest BCUT2D eigenvalue weighted by Crippen LogP contribution is -2.31. The standard InChI is InChI=1S/C16H27N3O/c1-16(2,3)12-8-6-10(7-9-12)13(17)14-18-15(20-19-14)11-4-5-11/h10-13H,4-9,17H2,1-3H3. The summed E-state index contributed by atoms with van der Waals surface area (Å²) in [5, 5.41) is 4.11. The molecule has 1 heterocycles. The van der Waals surface area contributed by atoms with Gasteiger partial charge in [0.15, 0.2) is 5.82 Å². The molecule has 0 radical (unpaired) electrons. The van der Waals surface area contributed by atoms with E-state index in [2.05, 4.69) is 30.9 Å². The van der Waals surface area contributed by atoms with Gasteiger partial charge >= 0.3 is 0 Å². The van der Waals surface area contributed by atoms with Gasteiger partial charge in [-0.1, -0.05) is 25.9 Å². The monoisotopic (exact) mass is 277 g/mol. The van der Waals surface area contributed by atoms with Crippen LogP contribution < -0.4 is 5.73 Å². The molecule has 2 saturated carbocycles. The van der Waals surface area contributed by atoms with Crippen molar-refractivity contribution in [1.29, 1.82) is 0 Å². The largest absolute Gasteiger partial charge is 0.339 e. The summed E-state index contributed by atoms with van der Waals surface area (Å²) in [5.74, 6) is 3.38. The summed E-state index contributed by atoms with van der Waals surface area (Å²) in [6.45, 7) is 7.04. The Morgan fingerprint density at radius 3 is 2.30 bits per heavy atom. The first kappa shape index (κ1) is 14.1. The second-order valence-corrected chi connectivity index (χ2v) is 7.77. The second kappa shape index (κ2) is 5.14. The van der Waals surface area contributed by atoms with Crippen LogP contribution >= 0.6 is 0 Å². The Kier molecular flexibility index (Phi) is 3.61. The number of nitrogens with two attached hydrogens (primary N) is 1. The third-order valence-corrected chi connectivity index (χ3v) is 5.19. The van der Waals surface area contributed by atoms with E-state index in [1.807, 2.05) is 0 Å². The van der Waals surface area contributed by atoms with Gasteiger partial charge in [0.2, 0.25) is 5.89 Å². The van der Waals surface area contributed by atoms with Gasteiger partial charge in [-0.2, -0.15) is 4.98 Å². The minimum absolute atomic E-state index is 0.0489. The first-order valence-corrected chi connectivity index (χ1v) is 8.04. The van der Waals surface area contributed by atoms with Gasteiger partial charge in [0.25, 0.3) is 0 Å². The van der Waals surface area contributed by atoms with Crippen LogP contribution in [0.5, 0.6) is 0 Å². The zero-order chi connectivity index (χ0) is 14.3. The maximum atomic E-state index is 6.37. The zero-order valence-corrected chi connectivity index (χ0v) is 12.9. The minimum Gasteiger partial charge on any atom is -0.339 e. The third-order valence-electron chi connectivity index (χ3n) is 5.19. The predicted octanol–water partition coefficient (Wildman–Crippen LogP) is 3.80. The van der Waals surface area contributed by atoms with Crippen molar-refractivity contribution in [2.75, 3.05) is 0 Å². The number of nitrogens with zero attached hydrogens (tertiary/aromatic N) is 2. The molecular weight excluding hydrogens is 250 g/mol. The van der Waals surface area contributed by atoms with Gasteiger partial charge in [-0.3, -0.25) is 0 Å². The molecule has 1 aromatic heterocycles. The third kappa shape index (κ3) is 2.90. The quantitative estimate of drug-likeness (QED) is 0.912. The van der Waals surface area contributed by atoms with Gasteiger partial charge in [-0.25, -0.2) is 0 Å². The molecule has 2 fully saturated rings. The fourth-order valence-corrected chi connectivity index (χ4v) is 3.43. The number of aromatic nitrogens is 2. The van der Waals surface area contributed by atoms with E-state index in [4.69, 9.17) is 10.3 Å². The molecule has 0 saturated heterocycles. The Bertz CT molecular complexity index is 451. The van der Waals surface area contributed by atoms with E-state index < -0.39 is 0 Å². The SMILES string of the molecule is CC(C)(C)C1CCC(C(N)c2noc(C3CC3)n2)CC1. The smallest absolute Gasteiger partial charge is 0.229 e. The maximum Gasteiger partial charge on any atom is 0.229 e. The lowest BCUT2D eigenvalue weighted by Gasteiger charge is -2.38. The molecule has 2 aliphatic rings. The average molecular weight is 277 g/mol. The Balaban J connectivity index is 1.59. The highest BCUT2D eigenvalue weighted by molar-refractivity contribution is 5.04. The zero-order valence-electron chi connectivity index (χ0n) is 12.9. The molecular formula is C16H27N3O. The van der Waals surface area contributed by atoms with E-state index in [-0.39, 0.29) is 6.04 Å². The van der Waals surface area contributed by atoms with Crippen molar-refractivity contribution < 1.29 is 4.52 Å². The van der Waals surface area contributed by atoms with E-state index >= 15 is 0 Å². The van der Waals surface area contributed by atoms with Gasteiger partial charge in [-0.15, -0.1) is 0 Å². The van der Waals surface area contributed by atoms with Crippen LogP contribution in [-0.4, -0.2) is 10.1 Å². The van der Waals surface area contributed by atoms with Crippen LogP contribution in [0.2, 0.25) is 0 Å². The average Bonchev–Trinajstić information content (AvgIpc) is 3.15. The summed E-state index contributed by atoms with van der Waals surface area (Å²) in [6, 6.07) is -0.0489. The molecule has 112 valence electrons. The van der Waals surface area contributed by atoms with Gasteiger partial charge in [0.05, 0.1) is 6.04 Å². The number of rotatable bonds is 3. The predicted molar refractivity (Wildman–Crippen MR) is 78.1 cm³/mol. The van der Waals surface area contributed by atoms with Crippen molar-refractivity contribution in [3.05, 3.63) is 11.7 Å². The lowest BCUT2D eigenvalue weighted by atomic mass is 9.68. The summed E-state index contributed by atoms with van der Waals surface area (Å²) in [6.07, 6.45) is 7.30. The molecule has 0 aliphatic heterocycles. The van der Waals surface area contributed by atoms with Gasteiger partial charge < -0.3 is 10.3 Å². The molecule has 0 aromatic carbocycles. The van der Waals surface area contributed by atoms with Crippen molar-refractivity contribution in [2.24, 2.45) is 23.0 Å². The Morgan fingerprint density at radius 1 is 1.10 bits per heavy atom. The second-order valence-electron chi connectivity index (χ2n) is 7.77. The van der Waals surface area contributed by atoms with Crippen molar-refractivity contribution in [3.63, 3.8) is 0 Å². The fourth-order valence-electron chi connectivity index (χ4n) is 3.43. The van der Waals surface area contributed by atoms with Crippen LogP contribution in [0.1, 0.15) is 83.0 Å². The van der Waals surface area contributed by atoms with Crippen LogP contribution in [-0.2, 0) is 0 Å². The summed E-state index contributed by atoms with van der Waals surface area (Å²) in [5.41, 5.74) is 6.79. The molecule has 1 atom stereocenters. The van der Waals surface area contributed by atoms with Crippen LogP contribution in [0, 0.1) is 17.3 Å². The van der Waals surface area contributed by atoms with Crippen LogP contribution in [0.4, 0.5) is 0 Å². The van der Waals surface area contributed by atoms with Crippen molar-refractivity contribution in [2.45, 2.75) is 71.3 Å². The molecule has 1 aromatic rings. The highest BCUT2D eigenvalue weighted by Gasteiger charge is 2.35. The molecule has 2 N–H and O–H groups in total. The first-order valence-electron chi connectivity index (χ1n) is 8.04. The molecule has 2 aliphatic carbocycles. The summed E-state index contributed by atoms with van der Waals surface area (Å²) < 4.78 is 5.33. The Hall–Kier alpha value is -0.900. The van der Waals surface area contributed by atoms with Crippen LogP contribution in [0.3, 0.4) is 0 Å². The lowest BCUT2D eigenvalue weighted by molar-refractivity contribution is 0.138. The normalized spacial score (nSPS) is 29.4. The molecule has 20 heavy (non-hydrogen) atoms. The highest BCUT2D eigenvalue weighted by Crippen LogP contribution is 2.43. The molecule has 0 bridgehead atoms. The van der Waals surface area contributed by atoms with E-state index in [1.54, 1.807) is 0 Å². The summed E-state index contributed by atoms with van der Waals surface area (Å²) >= 11 is 0. The van der Waals surface area contributed by atoms with Crippen LogP contribution in [0.25, 0.3) is 0 Å². The van der Waals surface area contributed by atoms with Crippen molar-refractivity contribution >= 4 is 0 Å². The van der Waals surface area contributed by atoms with Crippen molar-refractivity contribution in [3.8, 4) is 0 Å².